The molecular formula is C14H16BrN3O. The Hall–Kier alpha value is -1.75. The summed E-state index contributed by atoms with van der Waals surface area (Å²) in [5, 5.41) is 2.89. The van der Waals surface area contributed by atoms with Crippen LogP contribution in [0.25, 0.3) is 0 Å². The maximum absolute atomic E-state index is 12.3. The number of nitrogen functional groups attached to an aromatic ring is 1. The Morgan fingerprint density at radius 2 is 2.21 bits per heavy atom. The first-order valence-electron chi connectivity index (χ1n) is 6.05. The molecule has 2 aromatic rings. The van der Waals surface area contributed by atoms with Crippen LogP contribution < -0.4 is 11.1 Å². The number of rotatable bonds is 3. The lowest BCUT2D eigenvalue weighted by atomic mass is 10.2. The molecule has 0 aliphatic carbocycles. The van der Waals surface area contributed by atoms with Gasteiger partial charge in [-0.15, -0.1) is 0 Å². The highest BCUT2D eigenvalue weighted by molar-refractivity contribution is 9.10. The van der Waals surface area contributed by atoms with E-state index in [1.807, 2.05) is 36.6 Å². The number of nitrogens with two attached hydrogens (primary N) is 1. The van der Waals surface area contributed by atoms with E-state index in [0.29, 0.717) is 17.9 Å². The molecule has 0 radical (unpaired) electrons. The number of aromatic nitrogens is 1. The monoisotopic (exact) mass is 321 g/mol. The Morgan fingerprint density at radius 1 is 1.47 bits per heavy atom. The van der Waals surface area contributed by atoms with E-state index in [0.717, 1.165) is 15.7 Å². The van der Waals surface area contributed by atoms with Gasteiger partial charge in [-0.3, -0.25) is 4.79 Å². The van der Waals surface area contributed by atoms with Crippen LogP contribution in [0.1, 0.15) is 23.0 Å². The van der Waals surface area contributed by atoms with Crippen LogP contribution in [0.4, 0.5) is 11.4 Å². The van der Waals surface area contributed by atoms with Gasteiger partial charge >= 0.3 is 0 Å². The van der Waals surface area contributed by atoms with Gasteiger partial charge in [0.15, 0.2) is 0 Å². The second-order valence-electron chi connectivity index (χ2n) is 4.34. The summed E-state index contributed by atoms with van der Waals surface area (Å²) in [6, 6.07) is 7.43. The highest BCUT2D eigenvalue weighted by Gasteiger charge is 2.13. The summed E-state index contributed by atoms with van der Waals surface area (Å²) in [6.07, 6.45) is 1.76. The largest absolute Gasteiger partial charge is 0.397 e. The van der Waals surface area contributed by atoms with Crippen LogP contribution in [0, 0.1) is 6.92 Å². The summed E-state index contributed by atoms with van der Waals surface area (Å²) in [4.78, 5) is 12.3. The van der Waals surface area contributed by atoms with Crippen LogP contribution >= 0.6 is 15.9 Å². The number of aryl methyl sites for hydroxylation is 2. The number of benzene rings is 1. The van der Waals surface area contributed by atoms with Crippen LogP contribution in [0.3, 0.4) is 0 Å². The van der Waals surface area contributed by atoms with Crippen molar-refractivity contribution in [3.05, 3.63) is 46.2 Å². The minimum absolute atomic E-state index is 0.162. The summed E-state index contributed by atoms with van der Waals surface area (Å²) in [7, 11) is 0. The predicted molar refractivity (Wildman–Crippen MR) is 81.4 cm³/mol. The first-order chi connectivity index (χ1) is 9.02. The Morgan fingerprint density at radius 3 is 2.89 bits per heavy atom. The molecule has 0 fully saturated rings. The number of halogens is 1. The Labute approximate surface area is 120 Å². The van der Waals surface area contributed by atoms with Gasteiger partial charge in [-0.1, -0.05) is 12.1 Å². The highest BCUT2D eigenvalue weighted by atomic mass is 79.9. The molecule has 4 nitrogen and oxygen atoms in total. The van der Waals surface area contributed by atoms with E-state index in [-0.39, 0.29) is 5.91 Å². The van der Waals surface area contributed by atoms with Crippen molar-refractivity contribution < 1.29 is 4.79 Å². The number of amides is 1. The molecule has 1 heterocycles. The van der Waals surface area contributed by atoms with Gasteiger partial charge in [0.25, 0.3) is 5.91 Å². The fourth-order valence-electron chi connectivity index (χ4n) is 1.92. The van der Waals surface area contributed by atoms with Gasteiger partial charge in [0, 0.05) is 17.2 Å². The molecule has 1 aromatic carbocycles. The minimum Gasteiger partial charge on any atom is -0.397 e. The van der Waals surface area contributed by atoms with Crippen molar-refractivity contribution in [1.82, 2.24) is 4.57 Å². The van der Waals surface area contributed by atoms with Gasteiger partial charge in [0.2, 0.25) is 0 Å². The number of hydrogen-bond donors (Lipinski definition) is 2. The van der Waals surface area contributed by atoms with Crippen molar-refractivity contribution in [2.45, 2.75) is 20.4 Å². The van der Waals surface area contributed by atoms with Crippen LogP contribution in [-0.4, -0.2) is 10.5 Å². The van der Waals surface area contributed by atoms with Gasteiger partial charge in [-0.2, -0.15) is 0 Å². The number of carbonyl (C=O) groups is 1. The van der Waals surface area contributed by atoms with Gasteiger partial charge in [-0.05, 0) is 47.5 Å². The van der Waals surface area contributed by atoms with Crippen LogP contribution in [0.2, 0.25) is 0 Å². The van der Waals surface area contributed by atoms with E-state index < -0.39 is 0 Å². The van der Waals surface area contributed by atoms with Crippen LogP contribution in [-0.2, 0) is 6.54 Å². The summed E-state index contributed by atoms with van der Waals surface area (Å²) < 4.78 is 2.72. The van der Waals surface area contributed by atoms with E-state index in [1.165, 1.54) is 0 Å². The Bertz CT molecular complexity index is 619. The maximum atomic E-state index is 12.3. The molecule has 0 spiro atoms. The molecule has 0 aliphatic rings. The molecule has 0 bridgehead atoms. The molecule has 0 atom stereocenters. The second-order valence-corrected chi connectivity index (χ2v) is 5.13. The molecular weight excluding hydrogens is 306 g/mol. The molecule has 2 rings (SSSR count). The van der Waals surface area contributed by atoms with Gasteiger partial charge in [-0.25, -0.2) is 0 Å². The van der Waals surface area contributed by atoms with E-state index in [1.54, 1.807) is 12.3 Å². The lowest BCUT2D eigenvalue weighted by Gasteiger charge is -2.10. The van der Waals surface area contributed by atoms with Crippen LogP contribution in [0.5, 0.6) is 0 Å². The molecule has 0 saturated heterocycles. The van der Waals surface area contributed by atoms with Crippen molar-refractivity contribution in [2.75, 3.05) is 11.1 Å². The lowest BCUT2D eigenvalue weighted by molar-refractivity contribution is 0.101. The normalized spacial score (nSPS) is 10.5. The maximum Gasteiger partial charge on any atom is 0.272 e. The molecule has 100 valence electrons. The molecule has 5 heteroatoms. The number of carbonyl (C=O) groups excluding carboxylic acids is 1. The highest BCUT2D eigenvalue weighted by Crippen LogP contribution is 2.26. The summed E-state index contributed by atoms with van der Waals surface area (Å²) in [5.41, 5.74) is 8.72. The SMILES string of the molecule is CCn1cc(N)cc1C(=O)Nc1cccc(C)c1Br. The zero-order valence-electron chi connectivity index (χ0n) is 10.9. The van der Waals surface area contributed by atoms with Gasteiger partial charge in [0.05, 0.1) is 11.4 Å². The van der Waals surface area contributed by atoms with Crippen molar-refractivity contribution in [3.8, 4) is 0 Å². The molecule has 1 amide bonds. The molecule has 1 aromatic heterocycles. The number of nitrogens with one attached hydrogen (secondary N) is 1. The number of hydrogen-bond acceptors (Lipinski definition) is 2. The van der Waals surface area contributed by atoms with E-state index in [9.17, 15) is 4.79 Å². The minimum atomic E-state index is -0.162. The summed E-state index contributed by atoms with van der Waals surface area (Å²) in [6.45, 7) is 4.65. The summed E-state index contributed by atoms with van der Waals surface area (Å²) >= 11 is 3.48. The van der Waals surface area contributed by atoms with E-state index in [4.69, 9.17) is 5.73 Å². The summed E-state index contributed by atoms with van der Waals surface area (Å²) in [5.74, 6) is -0.162. The third-order valence-corrected chi connectivity index (χ3v) is 3.98. The molecule has 19 heavy (non-hydrogen) atoms. The first kappa shape index (κ1) is 13.7. The van der Waals surface area contributed by atoms with Crippen molar-refractivity contribution in [3.63, 3.8) is 0 Å². The number of anilines is 2. The average molecular weight is 322 g/mol. The third kappa shape index (κ3) is 2.81. The first-order valence-corrected chi connectivity index (χ1v) is 6.84. The Balaban J connectivity index is 2.28. The third-order valence-electron chi connectivity index (χ3n) is 2.93. The molecule has 0 unspecified atom stereocenters. The quantitative estimate of drug-likeness (QED) is 0.910. The van der Waals surface area contributed by atoms with Crippen molar-refractivity contribution >= 4 is 33.2 Å². The smallest absolute Gasteiger partial charge is 0.272 e. The van der Waals surface area contributed by atoms with Gasteiger partial charge in [0.1, 0.15) is 5.69 Å². The van der Waals surface area contributed by atoms with Crippen molar-refractivity contribution in [1.29, 1.82) is 0 Å². The Kier molecular flexibility index (Phi) is 3.95. The lowest BCUT2D eigenvalue weighted by Crippen LogP contribution is -2.16. The van der Waals surface area contributed by atoms with Crippen molar-refractivity contribution in [2.24, 2.45) is 0 Å². The molecule has 0 saturated carbocycles. The molecule has 0 aliphatic heterocycles. The fraction of sp³-hybridized carbons (Fsp3) is 0.214. The fourth-order valence-corrected chi connectivity index (χ4v) is 2.28. The zero-order chi connectivity index (χ0) is 14.0. The van der Waals surface area contributed by atoms with E-state index >= 15 is 0 Å². The predicted octanol–water partition coefficient (Wildman–Crippen LogP) is 3.41. The molecule has 3 N–H and O–H groups in total. The standard InChI is InChI=1S/C14H16BrN3O/c1-3-18-8-10(16)7-12(18)14(19)17-11-6-4-5-9(2)13(11)15/h4-8H,3,16H2,1-2H3,(H,17,19). The number of nitrogens with zero attached hydrogens (tertiary/aromatic N) is 1. The topological polar surface area (TPSA) is 60.0 Å². The van der Waals surface area contributed by atoms with Crippen LogP contribution in [0.15, 0.2) is 34.9 Å². The van der Waals surface area contributed by atoms with E-state index in [2.05, 4.69) is 21.2 Å². The second kappa shape index (κ2) is 5.48. The van der Waals surface area contributed by atoms with Gasteiger partial charge < -0.3 is 15.6 Å². The average Bonchev–Trinajstić information content (AvgIpc) is 2.76. The zero-order valence-corrected chi connectivity index (χ0v) is 12.5.